The van der Waals surface area contributed by atoms with Gasteiger partial charge in [0.05, 0.1) is 33.7 Å². The number of hydrogen-bond donors (Lipinski definition) is 1. The predicted molar refractivity (Wildman–Crippen MR) is 228 cm³/mol. The highest BCUT2D eigenvalue weighted by atomic mass is 35.5. The van der Waals surface area contributed by atoms with Gasteiger partial charge in [-0.1, -0.05) is 47.5 Å². The lowest BCUT2D eigenvalue weighted by Gasteiger charge is -2.49. The second-order valence-corrected chi connectivity index (χ2v) is 18.0. The van der Waals surface area contributed by atoms with Gasteiger partial charge in [-0.25, -0.2) is 9.88 Å². The molecule has 1 N–H and O–H groups in total. The van der Waals surface area contributed by atoms with Crippen LogP contribution in [0, 0.1) is 36.0 Å². The highest BCUT2D eigenvalue weighted by Crippen LogP contribution is 2.64. The van der Waals surface area contributed by atoms with E-state index in [9.17, 15) is 19.5 Å². The maximum Gasteiger partial charge on any atom is 0.242 e. The summed E-state index contributed by atoms with van der Waals surface area (Å²) in [5.74, 6) is -3.78. The molecule has 6 atom stereocenters. The number of phenolic OH excluding ortho intramolecular Hbond substituents is 1. The number of aryl methyl sites for hydroxylation is 2. The maximum atomic E-state index is 15.1. The van der Waals surface area contributed by atoms with Crippen LogP contribution in [0.1, 0.15) is 36.8 Å². The normalized spacial score (nSPS) is 25.0. The van der Waals surface area contributed by atoms with Gasteiger partial charge in [-0.2, -0.15) is 5.10 Å². The SMILES string of the molecule is Cc1c(-c2cc(N3C(=O)C4CC5C(=CCC6C(=O)N(c7ccc(-c8nc9ccccc9o8)cc7)C(=O)C65)C(c5ccc(O)cc5)C4(C)C3=O)n(C)n2)sc2ccc(Cl)cc12. The molecular formula is C47H36ClN5O6S. The second kappa shape index (κ2) is 13.1. The number of aromatic nitrogens is 3. The quantitative estimate of drug-likeness (QED) is 0.134. The molecule has 11 rings (SSSR count). The average molecular weight is 834 g/mol. The van der Waals surface area contributed by atoms with Crippen LogP contribution in [0.25, 0.3) is 43.2 Å². The summed E-state index contributed by atoms with van der Waals surface area (Å²) in [6.45, 7) is 3.86. The van der Waals surface area contributed by atoms with Gasteiger partial charge in [-0.15, -0.1) is 11.3 Å². The summed E-state index contributed by atoms with van der Waals surface area (Å²) in [5.41, 5.74) is 4.53. The number of amides is 4. The van der Waals surface area contributed by atoms with Crippen molar-refractivity contribution in [2.45, 2.75) is 32.6 Å². The number of benzene rings is 4. The van der Waals surface area contributed by atoms with Crippen LogP contribution in [0.5, 0.6) is 5.75 Å². The molecule has 1 saturated carbocycles. The molecule has 3 fully saturated rings. The topological polar surface area (TPSA) is 139 Å². The first-order valence-electron chi connectivity index (χ1n) is 19.9. The standard InChI is InChI=1S/C47H36ClN5O6S/c1-23-31-20-26(48)12-19-37(31)60-41(23)35-22-38(51(3)50-35)53-44(56)33-21-32-29(40(47(33,2)46(53)58)24-10-15-28(54)16-11-24)17-18-30-39(32)45(57)52(43(30)55)27-13-8-25(9-14-27)42-49-34-6-4-5-7-36(34)59-42/h4-17,19-20,22,30,32-33,39-40,54H,18,21H2,1-3H3. The van der Waals surface area contributed by atoms with E-state index in [0.29, 0.717) is 45.7 Å². The van der Waals surface area contributed by atoms with Crippen molar-refractivity contribution in [2.75, 3.05) is 9.80 Å². The monoisotopic (exact) mass is 833 g/mol. The highest BCUT2D eigenvalue weighted by Gasteiger charge is 2.68. The van der Waals surface area contributed by atoms with Crippen molar-refractivity contribution in [3.63, 3.8) is 0 Å². The number of oxazole rings is 1. The molecule has 0 spiro atoms. The van der Waals surface area contributed by atoms with Crippen molar-refractivity contribution >= 4 is 79.3 Å². The molecule has 2 aliphatic carbocycles. The first-order valence-corrected chi connectivity index (χ1v) is 21.1. The molecule has 6 unspecified atom stereocenters. The van der Waals surface area contributed by atoms with Crippen molar-refractivity contribution in [1.82, 2.24) is 14.8 Å². The number of imide groups is 2. The summed E-state index contributed by atoms with van der Waals surface area (Å²) in [6.07, 6.45) is 2.54. The van der Waals surface area contributed by atoms with Gasteiger partial charge < -0.3 is 9.52 Å². The lowest BCUT2D eigenvalue weighted by molar-refractivity contribution is -0.131. The van der Waals surface area contributed by atoms with Gasteiger partial charge in [0.1, 0.15) is 22.8 Å². The summed E-state index contributed by atoms with van der Waals surface area (Å²) in [5, 5.41) is 16.8. The maximum absolute atomic E-state index is 15.1. The Morgan fingerprint density at radius 2 is 1.65 bits per heavy atom. The first kappa shape index (κ1) is 36.7. The number of phenols is 1. The van der Waals surface area contributed by atoms with E-state index in [-0.39, 0.29) is 35.8 Å². The van der Waals surface area contributed by atoms with Crippen LogP contribution in [0.4, 0.5) is 11.5 Å². The minimum atomic E-state index is -1.25. The summed E-state index contributed by atoms with van der Waals surface area (Å²) >= 11 is 7.91. The van der Waals surface area contributed by atoms with Gasteiger partial charge in [-0.3, -0.25) is 28.8 Å². The van der Waals surface area contributed by atoms with Crippen molar-refractivity contribution in [1.29, 1.82) is 0 Å². The minimum Gasteiger partial charge on any atom is -0.508 e. The minimum absolute atomic E-state index is 0.0662. The van der Waals surface area contributed by atoms with E-state index >= 15 is 4.79 Å². The molecule has 0 radical (unpaired) electrons. The number of nitrogens with zero attached hydrogens (tertiary/aromatic N) is 5. The summed E-state index contributed by atoms with van der Waals surface area (Å²) < 4.78 is 8.58. The molecule has 2 saturated heterocycles. The van der Waals surface area contributed by atoms with Crippen LogP contribution >= 0.6 is 22.9 Å². The van der Waals surface area contributed by atoms with Gasteiger partial charge in [0.2, 0.25) is 29.5 Å². The molecular weight excluding hydrogens is 798 g/mol. The van der Waals surface area contributed by atoms with Gasteiger partial charge in [0, 0.05) is 34.3 Å². The van der Waals surface area contributed by atoms with E-state index in [0.717, 1.165) is 37.2 Å². The molecule has 7 aromatic rings. The highest BCUT2D eigenvalue weighted by molar-refractivity contribution is 7.22. The zero-order valence-electron chi connectivity index (χ0n) is 32.6. The molecule has 60 heavy (non-hydrogen) atoms. The lowest BCUT2D eigenvalue weighted by atomic mass is 9.51. The number of carbonyl (C=O) groups excluding carboxylic acids is 4. The van der Waals surface area contributed by atoms with E-state index in [1.807, 2.05) is 62.4 Å². The van der Waals surface area contributed by atoms with Crippen molar-refractivity contribution < 1.29 is 28.7 Å². The fourth-order valence-corrected chi connectivity index (χ4v) is 11.8. The average Bonchev–Trinajstić information content (AvgIpc) is 4.03. The smallest absolute Gasteiger partial charge is 0.242 e. The van der Waals surface area contributed by atoms with Gasteiger partial charge in [0.15, 0.2) is 5.58 Å². The number of halogens is 1. The van der Waals surface area contributed by atoms with E-state index in [1.165, 1.54) is 9.80 Å². The Hall–Kier alpha value is -6.37. The molecule has 13 heteroatoms. The molecule has 4 aliphatic rings. The van der Waals surface area contributed by atoms with E-state index in [4.69, 9.17) is 21.1 Å². The molecule has 0 bridgehead atoms. The Morgan fingerprint density at radius 3 is 2.42 bits per heavy atom. The van der Waals surface area contributed by atoms with E-state index in [1.54, 1.807) is 77.7 Å². The van der Waals surface area contributed by atoms with Crippen LogP contribution in [-0.2, 0) is 26.2 Å². The van der Waals surface area contributed by atoms with Crippen LogP contribution in [-0.4, -0.2) is 43.5 Å². The summed E-state index contributed by atoms with van der Waals surface area (Å²) in [4.78, 5) is 67.1. The summed E-state index contributed by atoms with van der Waals surface area (Å²) in [7, 11) is 1.73. The Labute approximate surface area is 352 Å². The van der Waals surface area contributed by atoms with Crippen LogP contribution in [0.2, 0.25) is 5.02 Å². The fraction of sp³-hybridized carbons (Fsp3) is 0.234. The van der Waals surface area contributed by atoms with Crippen LogP contribution in [0.3, 0.4) is 0 Å². The number of anilines is 2. The molecule has 3 aromatic heterocycles. The number of hydrogen-bond acceptors (Lipinski definition) is 9. The second-order valence-electron chi connectivity index (χ2n) is 16.5. The van der Waals surface area contributed by atoms with Gasteiger partial charge in [0.25, 0.3) is 0 Å². The zero-order valence-corrected chi connectivity index (χ0v) is 34.2. The Kier molecular flexibility index (Phi) is 7.99. The number of fused-ring (bicyclic) bond motifs is 6. The van der Waals surface area contributed by atoms with Crippen LogP contribution < -0.4 is 9.80 Å². The summed E-state index contributed by atoms with van der Waals surface area (Å²) in [6, 6.07) is 28.8. The largest absolute Gasteiger partial charge is 0.508 e. The third-order valence-corrected chi connectivity index (χ3v) is 14.9. The van der Waals surface area contributed by atoms with Crippen LogP contribution in [0.15, 0.2) is 113 Å². The molecule has 11 nitrogen and oxygen atoms in total. The fourth-order valence-electron chi connectivity index (χ4n) is 10.5. The first-order chi connectivity index (χ1) is 28.9. The molecule has 4 aromatic carbocycles. The Bertz CT molecular complexity index is 3010. The van der Waals surface area contributed by atoms with Gasteiger partial charge >= 0.3 is 0 Å². The van der Waals surface area contributed by atoms with E-state index in [2.05, 4.69) is 4.98 Å². The van der Waals surface area contributed by atoms with Crippen molar-refractivity contribution in [3.8, 4) is 27.8 Å². The molecule has 4 amide bonds. The third kappa shape index (κ3) is 5.13. The number of carbonyl (C=O) groups is 4. The third-order valence-electron chi connectivity index (χ3n) is 13.4. The predicted octanol–water partition coefficient (Wildman–Crippen LogP) is 9.21. The lowest BCUT2D eigenvalue weighted by Crippen LogP contribution is -2.48. The molecule has 5 heterocycles. The number of para-hydroxylation sites is 2. The number of aromatic hydroxyl groups is 1. The molecule has 298 valence electrons. The van der Waals surface area contributed by atoms with E-state index < -0.39 is 35.0 Å². The zero-order chi connectivity index (χ0) is 41.4. The number of rotatable bonds is 5. The van der Waals surface area contributed by atoms with Crippen molar-refractivity contribution in [2.24, 2.45) is 36.1 Å². The van der Waals surface area contributed by atoms with Crippen molar-refractivity contribution in [3.05, 3.63) is 125 Å². The number of thiophene rings is 1. The molecule has 2 aliphatic heterocycles. The Balaban J connectivity index is 0.957. The van der Waals surface area contributed by atoms with Gasteiger partial charge in [-0.05, 0) is 116 Å². The Morgan fingerprint density at radius 1 is 0.883 bits per heavy atom. The number of allylic oxidation sites excluding steroid dienone is 2.